The van der Waals surface area contributed by atoms with E-state index in [1.54, 1.807) is 0 Å². The van der Waals surface area contributed by atoms with E-state index in [-0.39, 0.29) is 11.6 Å². The van der Waals surface area contributed by atoms with Crippen molar-refractivity contribution in [1.82, 2.24) is 35.0 Å². The first-order valence-corrected chi connectivity index (χ1v) is 12.1. The molecule has 1 aliphatic rings. The van der Waals surface area contributed by atoms with Gasteiger partial charge >= 0.3 is 0 Å². The topological polar surface area (TPSA) is 82.9 Å². The molecule has 0 spiro atoms. The second kappa shape index (κ2) is 9.87. The molecule has 2 aromatic heterocycles. The monoisotopic (exact) mass is 457 g/mol. The van der Waals surface area contributed by atoms with Gasteiger partial charge in [-0.3, -0.25) is 9.69 Å². The number of aromatic amines is 1. The first-order valence-electron chi connectivity index (χ1n) is 12.1. The molecule has 8 nitrogen and oxygen atoms in total. The first-order chi connectivity index (χ1) is 16.7. The minimum Gasteiger partial charge on any atom is -0.322 e. The third-order valence-electron chi connectivity index (χ3n) is 6.84. The van der Waals surface area contributed by atoms with Crippen molar-refractivity contribution in [3.05, 3.63) is 87.5 Å². The summed E-state index contributed by atoms with van der Waals surface area (Å²) in [5, 5.41) is 13.8. The lowest BCUT2D eigenvalue weighted by molar-refractivity contribution is 0.108. The molecule has 4 aromatic rings. The van der Waals surface area contributed by atoms with Crippen LogP contribution >= 0.6 is 0 Å². The van der Waals surface area contributed by atoms with Gasteiger partial charge in [-0.1, -0.05) is 50.2 Å². The molecule has 5 rings (SSSR count). The third kappa shape index (κ3) is 4.51. The standard InChI is InChI=1S/C26H31N7O/c1-3-19-10-11-23-21(16-19)17-22(26(34)27-23)24(32-14-12-31(4-2)13-15-32)25-28-29-30-33(25)18-20-8-6-5-7-9-20/h5-11,16-17,24H,3-4,12-15,18H2,1-2H3,(H,27,34)/t24-/m1/s1. The average Bonchev–Trinajstić information content (AvgIpc) is 3.32. The van der Waals surface area contributed by atoms with E-state index in [0.29, 0.717) is 17.9 Å². The fourth-order valence-electron chi connectivity index (χ4n) is 4.81. The molecule has 0 bridgehead atoms. The number of nitrogens with one attached hydrogen (secondary N) is 1. The van der Waals surface area contributed by atoms with Gasteiger partial charge in [0.25, 0.3) is 5.56 Å². The van der Waals surface area contributed by atoms with Crippen molar-refractivity contribution in [1.29, 1.82) is 0 Å². The Labute approximate surface area is 199 Å². The number of tetrazole rings is 1. The third-order valence-corrected chi connectivity index (χ3v) is 6.84. The molecule has 0 saturated carbocycles. The van der Waals surface area contributed by atoms with Gasteiger partial charge in [-0.2, -0.15) is 0 Å². The Balaban J connectivity index is 1.60. The van der Waals surface area contributed by atoms with Gasteiger partial charge < -0.3 is 9.88 Å². The molecule has 1 fully saturated rings. The number of H-pyrrole nitrogens is 1. The van der Waals surface area contributed by atoms with Crippen LogP contribution in [0, 0.1) is 0 Å². The molecule has 1 aliphatic heterocycles. The minimum absolute atomic E-state index is 0.0890. The van der Waals surface area contributed by atoms with Crippen molar-refractivity contribution in [2.75, 3.05) is 32.7 Å². The molecular weight excluding hydrogens is 426 g/mol. The minimum atomic E-state index is -0.323. The summed E-state index contributed by atoms with van der Waals surface area (Å²) in [6, 6.07) is 18.1. The predicted octanol–water partition coefficient (Wildman–Crippen LogP) is 2.85. The Kier molecular flexibility index (Phi) is 6.51. The highest BCUT2D eigenvalue weighted by atomic mass is 16.1. The van der Waals surface area contributed by atoms with Gasteiger partial charge in [-0.15, -0.1) is 5.10 Å². The number of piperazine rings is 1. The van der Waals surface area contributed by atoms with Crippen molar-refractivity contribution >= 4 is 10.9 Å². The van der Waals surface area contributed by atoms with E-state index in [1.165, 1.54) is 5.56 Å². The molecule has 8 heteroatoms. The molecule has 1 saturated heterocycles. The fourth-order valence-corrected chi connectivity index (χ4v) is 4.81. The molecule has 0 unspecified atom stereocenters. The number of nitrogens with zero attached hydrogens (tertiary/aromatic N) is 6. The number of benzene rings is 2. The number of hydrogen-bond acceptors (Lipinski definition) is 6. The van der Waals surface area contributed by atoms with Crippen LogP contribution < -0.4 is 5.56 Å². The van der Waals surface area contributed by atoms with Crippen molar-refractivity contribution in [2.45, 2.75) is 32.9 Å². The molecule has 176 valence electrons. The Morgan fingerprint density at radius 1 is 0.971 bits per heavy atom. The normalized spacial score (nSPS) is 16.2. The summed E-state index contributed by atoms with van der Waals surface area (Å²) in [7, 11) is 0. The Morgan fingerprint density at radius 2 is 1.76 bits per heavy atom. The van der Waals surface area contributed by atoms with Crippen LogP contribution in [0.5, 0.6) is 0 Å². The lowest BCUT2D eigenvalue weighted by Gasteiger charge is -2.38. The van der Waals surface area contributed by atoms with Crippen LogP contribution in [0.3, 0.4) is 0 Å². The van der Waals surface area contributed by atoms with Gasteiger partial charge in [-0.25, -0.2) is 4.68 Å². The summed E-state index contributed by atoms with van der Waals surface area (Å²) in [6.45, 7) is 9.53. The van der Waals surface area contributed by atoms with Gasteiger partial charge in [0.05, 0.1) is 6.54 Å². The maximum Gasteiger partial charge on any atom is 0.253 e. The lowest BCUT2D eigenvalue weighted by Crippen LogP contribution is -2.49. The summed E-state index contributed by atoms with van der Waals surface area (Å²) in [5.41, 5.74) is 3.81. The Hall–Kier alpha value is -3.36. The molecule has 34 heavy (non-hydrogen) atoms. The lowest BCUT2D eigenvalue weighted by atomic mass is 10.0. The zero-order chi connectivity index (χ0) is 23.5. The fraction of sp³-hybridized carbons (Fsp3) is 0.385. The second-order valence-corrected chi connectivity index (χ2v) is 8.88. The summed E-state index contributed by atoms with van der Waals surface area (Å²) in [5.74, 6) is 0.699. The highest BCUT2D eigenvalue weighted by Gasteiger charge is 2.32. The Morgan fingerprint density at radius 3 is 2.50 bits per heavy atom. The highest BCUT2D eigenvalue weighted by molar-refractivity contribution is 5.80. The van der Waals surface area contributed by atoms with Crippen LogP contribution in [0.15, 0.2) is 59.4 Å². The van der Waals surface area contributed by atoms with E-state index in [9.17, 15) is 4.79 Å². The van der Waals surface area contributed by atoms with Gasteiger partial charge in [-0.05, 0) is 58.1 Å². The quantitative estimate of drug-likeness (QED) is 0.460. The van der Waals surface area contributed by atoms with E-state index >= 15 is 0 Å². The number of likely N-dealkylation sites (N-methyl/N-ethyl adjacent to an activating group) is 1. The van der Waals surface area contributed by atoms with Crippen LogP contribution in [0.2, 0.25) is 0 Å². The van der Waals surface area contributed by atoms with Crippen molar-refractivity contribution < 1.29 is 0 Å². The number of aromatic nitrogens is 5. The van der Waals surface area contributed by atoms with Crippen LogP contribution in [-0.4, -0.2) is 67.7 Å². The molecule has 0 aliphatic carbocycles. The highest BCUT2D eigenvalue weighted by Crippen LogP contribution is 2.28. The number of rotatable bonds is 7. The van der Waals surface area contributed by atoms with E-state index < -0.39 is 0 Å². The van der Waals surface area contributed by atoms with Gasteiger partial charge in [0, 0.05) is 37.3 Å². The molecule has 0 amide bonds. The molecule has 2 aromatic carbocycles. The number of fused-ring (bicyclic) bond motifs is 1. The predicted molar refractivity (Wildman–Crippen MR) is 133 cm³/mol. The van der Waals surface area contributed by atoms with Crippen LogP contribution in [0.4, 0.5) is 0 Å². The molecule has 1 N–H and O–H groups in total. The number of hydrogen-bond donors (Lipinski definition) is 1. The van der Waals surface area contributed by atoms with E-state index in [0.717, 1.165) is 55.6 Å². The van der Waals surface area contributed by atoms with Crippen molar-refractivity contribution in [2.24, 2.45) is 0 Å². The summed E-state index contributed by atoms with van der Waals surface area (Å²) in [4.78, 5) is 21.3. The average molecular weight is 458 g/mol. The first kappa shape index (κ1) is 22.4. The van der Waals surface area contributed by atoms with Gasteiger partial charge in [0.15, 0.2) is 5.82 Å². The van der Waals surface area contributed by atoms with Crippen LogP contribution in [-0.2, 0) is 13.0 Å². The molecule has 3 heterocycles. The summed E-state index contributed by atoms with van der Waals surface area (Å²) in [6.07, 6.45) is 0.947. The largest absolute Gasteiger partial charge is 0.322 e. The zero-order valence-electron chi connectivity index (χ0n) is 19.8. The van der Waals surface area contributed by atoms with E-state index in [4.69, 9.17) is 0 Å². The molecular formula is C26H31N7O. The zero-order valence-corrected chi connectivity index (χ0v) is 19.8. The molecule has 0 radical (unpaired) electrons. The molecule has 1 atom stereocenters. The summed E-state index contributed by atoms with van der Waals surface area (Å²) >= 11 is 0. The van der Waals surface area contributed by atoms with Gasteiger partial charge in [0.2, 0.25) is 0 Å². The van der Waals surface area contributed by atoms with Gasteiger partial charge in [0.1, 0.15) is 6.04 Å². The smallest absolute Gasteiger partial charge is 0.253 e. The van der Waals surface area contributed by atoms with Crippen molar-refractivity contribution in [3.8, 4) is 0 Å². The van der Waals surface area contributed by atoms with Crippen LogP contribution in [0.1, 0.15) is 42.4 Å². The maximum atomic E-state index is 13.4. The maximum absolute atomic E-state index is 13.4. The van der Waals surface area contributed by atoms with Crippen molar-refractivity contribution in [3.63, 3.8) is 0 Å². The van der Waals surface area contributed by atoms with E-state index in [2.05, 4.69) is 68.4 Å². The van der Waals surface area contributed by atoms with E-state index in [1.807, 2.05) is 35.0 Å². The number of aryl methyl sites for hydroxylation is 1. The number of pyridine rings is 1. The van der Waals surface area contributed by atoms with Crippen LogP contribution in [0.25, 0.3) is 10.9 Å². The second-order valence-electron chi connectivity index (χ2n) is 8.88. The summed E-state index contributed by atoms with van der Waals surface area (Å²) < 4.78 is 1.83. The Bertz CT molecular complexity index is 1310. The SMILES string of the molecule is CCc1ccc2[nH]c(=O)c([C@H](c3nnnn3Cc3ccccc3)N3CCN(CC)CC3)cc2c1.